The first-order valence-corrected chi connectivity index (χ1v) is 3.42. The lowest BCUT2D eigenvalue weighted by Crippen LogP contribution is -2.06. The quantitative estimate of drug-likeness (QED) is 0.482. The Morgan fingerprint density at radius 1 is 1.67 bits per heavy atom. The van der Waals surface area contributed by atoms with Crippen LogP contribution in [0.4, 0.5) is 0 Å². The molecule has 1 saturated heterocycles. The summed E-state index contributed by atoms with van der Waals surface area (Å²) >= 11 is 0. The third-order valence-electron chi connectivity index (χ3n) is 1.67. The second kappa shape index (κ2) is 2.89. The Balaban J connectivity index is 2.24. The van der Waals surface area contributed by atoms with Gasteiger partial charge >= 0.3 is 0 Å². The van der Waals surface area contributed by atoms with Gasteiger partial charge in [-0.25, -0.2) is 0 Å². The fraction of sp³-hybridized carbons (Fsp3) is 0.750. The third-order valence-corrected chi connectivity index (χ3v) is 1.67. The van der Waals surface area contributed by atoms with Crippen LogP contribution in [0.15, 0.2) is 0 Å². The zero-order chi connectivity index (χ0) is 6.69. The van der Waals surface area contributed by atoms with Crippen LogP contribution in [0, 0.1) is 12.3 Å². The summed E-state index contributed by atoms with van der Waals surface area (Å²) in [6, 6.07) is 0. The molecule has 1 heterocycles. The second-order valence-corrected chi connectivity index (χ2v) is 2.55. The lowest BCUT2D eigenvalue weighted by molar-refractivity contribution is 0.0592. The van der Waals surface area contributed by atoms with Crippen LogP contribution in [-0.4, -0.2) is 12.2 Å². The van der Waals surface area contributed by atoms with E-state index in [0.29, 0.717) is 12.2 Å². The number of hydrogen-bond acceptors (Lipinski definition) is 1. The Labute approximate surface area is 56.4 Å². The molecule has 0 radical (unpaired) electrons. The molecule has 0 aromatic heterocycles. The Hall–Kier alpha value is -0.480. The lowest BCUT2D eigenvalue weighted by atomic mass is 10.2. The summed E-state index contributed by atoms with van der Waals surface area (Å²) in [6.45, 7) is 2.09. The van der Waals surface area contributed by atoms with E-state index in [1.54, 1.807) is 0 Å². The molecule has 0 N–H and O–H groups in total. The molecule has 9 heavy (non-hydrogen) atoms. The summed E-state index contributed by atoms with van der Waals surface area (Å²) in [5, 5.41) is 0. The molecule has 1 nitrogen and oxygen atoms in total. The summed E-state index contributed by atoms with van der Waals surface area (Å²) in [7, 11) is 0. The molecule has 1 heteroatoms. The van der Waals surface area contributed by atoms with Crippen LogP contribution in [0.3, 0.4) is 0 Å². The highest BCUT2D eigenvalue weighted by molar-refractivity contribution is 4.89. The third kappa shape index (κ3) is 1.73. The van der Waals surface area contributed by atoms with Crippen LogP contribution in [0.2, 0.25) is 0 Å². The van der Waals surface area contributed by atoms with Gasteiger partial charge < -0.3 is 4.74 Å². The van der Waals surface area contributed by atoms with Crippen molar-refractivity contribution in [2.45, 2.75) is 38.4 Å². The summed E-state index contributed by atoms with van der Waals surface area (Å²) in [6.07, 6.45) is 9.01. The first kappa shape index (κ1) is 6.64. The number of ether oxygens (including phenoxy) is 1. The van der Waals surface area contributed by atoms with E-state index in [1.165, 1.54) is 6.42 Å². The number of hydrogen-bond donors (Lipinski definition) is 0. The first-order chi connectivity index (χ1) is 4.33. The minimum atomic E-state index is 0.352. The highest BCUT2D eigenvalue weighted by Gasteiger charge is 2.19. The molecule has 50 valence electrons. The van der Waals surface area contributed by atoms with Crippen LogP contribution in [0.25, 0.3) is 0 Å². The summed E-state index contributed by atoms with van der Waals surface area (Å²) in [5.41, 5.74) is 0. The monoisotopic (exact) mass is 124 g/mol. The van der Waals surface area contributed by atoms with Crippen molar-refractivity contribution in [3.05, 3.63) is 0 Å². The van der Waals surface area contributed by atoms with E-state index in [1.807, 2.05) is 0 Å². The molecule has 0 aliphatic carbocycles. The molecule has 2 atom stereocenters. The van der Waals surface area contributed by atoms with E-state index in [-0.39, 0.29) is 0 Å². The van der Waals surface area contributed by atoms with E-state index >= 15 is 0 Å². The van der Waals surface area contributed by atoms with E-state index in [9.17, 15) is 0 Å². The van der Waals surface area contributed by atoms with Crippen molar-refractivity contribution in [1.82, 2.24) is 0 Å². The summed E-state index contributed by atoms with van der Waals surface area (Å²) in [4.78, 5) is 0. The molecular formula is C8H12O. The topological polar surface area (TPSA) is 9.23 Å². The van der Waals surface area contributed by atoms with E-state index in [2.05, 4.69) is 12.8 Å². The molecule has 0 saturated carbocycles. The van der Waals surface area contributed by atoms with Gasteiger partial charge in [-0.3, -0.25) is 0 Å². The second-order valence-electron chi connectivity index (χ2n) is 2.55. The molecule has 1 fully saturated rings. The lowest BCUT2D eigenvalue weighted by Gasteiger charge is -2.05. The van der Waals surface area contributed by atoms with Crippen LogP contribution < -0.4 is 0 Å². The van der Waals surface area contributed by atoms with Crippen LogP contribution in [0.5, 0.6) is 0 Å². The van der Waals surface area contributed by atoms with Crippen molar-refractivity contribution in [3.8, 4) is 12.3 Å². The van der Waals surface area contributed by atoms with Gasteiger partial charge in [0.25, 0.3) is 0 Å². The van der Waals surface area contributed by atoms with E-state index < -0.39 is 0 Å². The van der Waals surface area contributed by atoms with Crippen molar-refractivity contribution in [3.63, 3.8) is 0 Å². The fourth-order valence-corrected chi connectivity index (χ4v) is 1.17. The average Bonchev–Trinajstić information content (AvgIpc) is 2.17. The maximum absolute atomic E-state index is 5.46. The van der Waals surface area contributed by atoms with Gasteiger partial charge in [-0.05, 0) is 19.8 Å². The predicted molar refractivity (Wildman–Crippen MR) is 37.0 cm³/mol. The van der Waals surface area contributed by atoms with Crippen molar-refractivity contribution >= 4 is 0 Å². The smallest absolute Gasteiger partial charge is 0.0688 e. The molecule has 0 aromatic carbocycles. The number of terminal acetylenes is 1. The molecule has 1 aliphatic heterocycles. The van der Waals surface area contributed by atoms with Gasteiger partial charge in [0.2, 0.25) is 0 Å². The van der Waals surface area contributed by atoms with E-state index in [4.69, 9.17) is 11.2 Å². The van der Waals surface area contributed by atoms with Crippen molar-refractivity contribution < 1.29 is 4.74 Å². The highest BCUT2D eigenvalue weighted by atomic mass is 16.5. The Kier molecular flexibility index (Phi) is 2.13. The Morgan fingerprint density at radius 3 is 2.89 bits per heavy atom. The molecular weight excluding hydrogens is 112 g/mol. The molecule has 1 aliphatic rings. The Bertz CT molecular complexity index is 123. The highest BCUT2D eigenvalue weighted by Crippen LogP contribution is 2.20. The van der Waals surface area contributed by atoms with Gasteiger partial charge in [0.15, 0.2) is 0 Å². The maximum atomic E-state index is 5.46. The minimum absolute atomic E-state index is 0.352. The summed E-state index contributed by atoms with van der Waals surface area (Å²) < 4.78 is 5.46. The van der Waals surface area contributed by atoms with Crippen LogP contribution in [0.1, 0.15) is 26.2 Å². The molecule has 0 spiro atoms. The SMILES string of the molecule is C#CCC1CC[C@H](C)O1. The molecule has 0 bridgehead atoms. The first-order valence-electron chi connectivity index (χ1n) is 3.42. The average molecular weight is 124 g/mol. The van der Waals surface area contributed by atoms with Crippen molar-refractivity contribution in [2.24, 2.45) is 0 Å². The summed E-state index contributed by atoms with van der Waals surface area (Å²) in [5.74, 6) is 2.61. The normalized spacial score (nSPS) is 34.2. The predicted octanol–water partition coefficient (Wildman–Crippen LogP) is 1.58. The van der Waals surface area contributed by atoms with E-state index in [0.717, 1.165) is 12.8 Å². The fourth-order valence-electron chi connectivity index (χ4n) is 1.17. The maximum Gasteiger partial charge on any atom is 0.0688 e. The molecule has 1 rings (SSSR count). The largest absolute Gasteiger partial charge is 0.374 e. The molecule has 1 unspecified atom stereocenters. The zero-order valence-electron chi connectivity index (χ0n) is 5.76. The minimum Gasteiger partial charge on any atom is -0.374 e. The van der Waals surface area contributed by atoms with Gasteiger partial charge in [-0.1, -0.05) is 0 Å². The standard InChI is InChI=1S/C8H12O/c1-3-4-8-6-5-7(2)9-8/h1,7-8H,4-6H2,2H3/t7-,8?/m0/s1. The van der Waals surface area contributed by atoms with Gasteiger partial charge in [-0.2, -0.15) is 0 Å². The Morgan fingerprint density at radius 2 is 2.44 bits per heavy atom. The zero-order valence-corrected chi connectivity index (χ0v) is 5.76. The molecule has 0 amide bonds. The van der Waals surface area contributed by atoms with Crippen LogP contribution in [-0.2, 0) is 4.74 Å². The van der Waals surface area contributed by atoms with Gasteiger partial charge in [0, 0.05) is 6.42 Å². The van der Waals surface area contributed by atoms with Crippen molar-refractivity contribution in [2.75, 3.05) is 0 Å². The van der Waals surface area contributed by atoms with Gasteiger partial charge in [-0.15, -0.1) is 12.3 Å². The molecule has 0 aromatic rings. The van der Waals surface area contributed by atoms with Gasteiger partial charge in [0.05, 0.1) is 12.2 Å². The van der Waals surface area contributed by atoms with Crippen LogP contribution >= 0.6 is 0 Å². The number of rotatable bonds is 1. The van der Waals surface area contributed by atoms with Gasteiger partial charge in [0.1, 0.15) is 0 Å². The van der Waals surface area contributed by atoms with Crippen molar-refractivity contribution in [1.29, 1.82) is 0 Å².